The topological polar surface area (TPSA) is 51.8 Å². The molecule has 0 aromatic carbocycles. The molecule has 82 valence electrons. The lowest BCUT2D eigenvalue weighted by Crippen LogP contribution is -2.23. The summed E-state index contributed by atoms with van der Waals surface area (Å²) in [5, 5.41) is 8.51. The fourth-order valence-corrected chi connectivity index (χ4v) is 1.13. The van der Waals surface area contributed by atoms with E-state index in [1.54, 1.807) is 7.05 Å². The van der Waals surface area contributed by atoms with E-state index in [9.17, 15) is 0 Å². The first-order valence-electron chi connectivity index (χ1n) is 4.79. The molecule has 0 unspecified atom stereocenters. The van der Waals surface area contributed by atoms with Crippen molar-refractivity contribution in [1.82, 2.24) is 4.90 Å². The van der Waals surface area contributed by atoms with Crippen LogP contribution in [0.3, 0.4) is 0 Å². The van der Waals surface area contributed by atoms with E-state index in [2.05, 4.69) is 22.8 Å². The summed E-state index contributed by atoms with van der Waals surface area (Å²) in [7, 11) is 3.67. The van der Waals surface area contributed by atoms with Crippen LogP contribution in [0.15, 0.2) is 21.4 Å². The van der Waals surface area contributed by atoms with Gasteiger partial charge in [-0.05, 0) is 20.6 Å². The van der Waals surface area contributed by atoms with Crippen molar-refractivity contribution in [3.05, 3.63) is 11.4 Å². The molecular weight excluding hydrogens is 188 g/mol. The molecule has 0 N–H and O–H groups in total. The van der Waals surface area contributed by atoms with Gasteiger partial charge in [0.15, 0.2) is 0 Å². The van der Waals surface area contributed by atoms with Crippen molar-refractivity contribution in [2.24, 2.45) is 9.98 Å². The highest BCUT2D eigenvalue weighted by Crippen LogP contribution is 2.14. The molecule has 0 aliphatic heterocycles. The predicted octanol–water partition coefficient (Wildman–Crippen LogP) is 2.20. The van der Waals surface area contributed by atoms with E-state index in [0.717, 1.165) is 17.2 Å². The van der Waals surface area contributed by atoms with Crippen LogP contribution in [0.25, 0.3) is 0 Å². The normalized spacial score (nSPS) is 12.9. The second-order valence-corrected chi connectivity index (χ2v) is 3.18. The Hall–Kier alpha value is -1.63. The van der Waals surface area contributed by atoms with Gasteiger partial charge in [0.1, 0.15) is 0 Å². The second kappa shape index (κ2) is 6.77. The van der Waals surface area contributed by atoms with Crippen molar-refractivity contribution >= 4 is 12.6 Å². The molecule has 0 atom stereocenters. The summed E-state index contributed by atoms with van der Waals surface area (Å²) in [5.41, 5.74) is 1.84. The quantitative estimate of drug-likeness (QED) is 0.523. The van der Waals surface area contributed by atoms with Gasteiger partial charge in [0.05, 0.1) is 17.6 Å². The molecule has 0 fully saturated rings. The standard InChI is InChI=1S/C11H18N4/c1-9(15(5)10(2)13-3)11(14-4)7-6-8-12/h4,6-7H2,1-3,5H3. The number of aliphatic imine (C=N–C) groups is 2. The van der Waals surface area contributed by atoms with Gasteiger partial charge in [-0.15, -0.1) is 0 Å². The van der Waals surface area contributed by atoms with E-state index in [1.165, 1.54) is 0 Å². The first-order valence-corrected chi connectivity index (χ1v) is 4.79. The van der Waals surface area contributed by atoms with E-state index in [-0.39, 0.29) is 0 Å². The second-order valence-electron chi connectivity index (χ2n) is 3.18. The summed E-state index contributed by atoms with van der Waals surface area (Å²) >= 11 is 0. The molecule has 15 heavy (non-hydrogen) atoms. The zero-order chi connectivity index (χ0) is 11.8. The van der Waals surface area contributed by atoms with E-state index in [4.69, 9.17) is 5.26 Å². The van der Waals surface area contributed by atoms with Crippen LogP contribution < -0.4 is 0 Å². The largest absolute Gasteiger partial charge is 0.336 e. The lowest BCUT2D eigenvalue weighted by atomic mass is 10.2. The van der Waals surface area contributed by atoms with Crippen molar-refractivity contribution < 1.29 is 0 Å². The molecule has 0 aliphatic rings. The van der Waals surface area contributed by atoms with Crippen LogP contribution in [0.2, 0.25) is 0 Å². The van der Waals surface area contributed by atoms with Crippen molar-refractivity contribution in [3.8, 4) is 6.07 Å². The molecule has 0 aromatic heterocycles. The lowest BCUT2D eigenvalue weighted by molar-refractivity contribution is 0.604. The zero-order valence-corrected chi connectivity index (χ0v) is 9.91. The number of rotatable bonds is 4. The van der Waals surface area contributed by atoms with Gasteiger partial charge >= 0.3 is 0 Å². The van der Waals surface area contributed by atoms with E-state index < -0.39 is 0 Å². The fraction of sp³-hybridized carbons (Fsp3) is 0.545. The third-order valence-corrected chi connectivity index (χ3v) is 2.39. The molecule has 0 aromatic rings. The van der Waals surface area contributed by atoms with E-state index >= 15 is 0 Å². The van der Waals surface area contributed by atoms with Gasteiger partial charge in [0.25, 0.3) is 0 Å². The first kappa shape index (κ1) is 13.4. The first-order chi connectivity index (χ1) is 7.08. The summed E-state index contributed by atoms with van der Waals surface area (Å²) in [5.74, 6) is 0.908. The van der Waals surface area contributed by atoms with Crippen LogP contribution in [0, 0.1) is 11.3 Å². The van der Waals surface area contributed by atoms with E-state index in [1.807, 2.05) is 25.8 Å². The molecule has 0 bridgehead atoms. The maximum Gasteiger partial charge on any atom is 0.0993 e. The zero-order valence-electron chi connectivity index (χ0n) is 9.91. The van der Waals surface area contributed by atoms with Gasteiger partial charge in [-0.25, -0.2) is 0 Å². The van der Waals surface area contributed by atoms with Crippen molar-refractivity contribution in [1.29, 1.82) is 5.26 Å². The Bertz CT molecular complexity index is 320. The van der Waals surface area contributed by atoms with Gasteiger partial charge in [0.2, 0.25) is 0 Å². The van der Waals surface area contributed by atoms with Gasteiger partial charge in [-0.1, -0.05) is 0 Å². The molecule has 0 radical (unpaired) electrons. The number of hydrogen-bond acceptors (Lipinski definition) is 3. The van der Waals surface area contributed by atoms with Crippen LogP contribution in [0.4, 0.5) is 0 Å². The Kier molecular flexibility index (Phi) is 6.03. The number of amidine groups is 1. The van der Waals surface area contributed by atoms with Gasteiger partial charge in [-0.2, -0.15) is 5.26 Å². The van der Waals surface area contributed by atoms with Gasteiger partial charge < -0.3 is 4.90 Å². The average Bonchev–Trinajstić information content (AvgIpc) is 2.27. The number of allylic oxidation sites excluding steroid dienone is 2. The molecule has 0 saturated carbocycles. The third-order valence-electron chi connectivity index (χ3n) is 2.39. The molecule has 4 heteroatoms. The summed E-state index contributed by atoms with van der Waals surface area (Å²) in [4.78, 5) is 9.98. The molecule has 0 rings (SSSR count). The highest BCUT2D eigenvalue weighted by molar-refractivity contribution is 5.81. The maximum atomic E-state index is 8.51. The lowest BCUT2D eigenvalue weighted by Gasteiger charge is -2.20. The van der Waals surface area contributed by atoms with Crippen molar-refractivity contribution in [2.45, 2.75) is 26.7 Å². The summed E-state index contributed by atoms with van der Waals surface area (Å²) in [6.07, 6.45) is 1.09. The maximum absolute atomic E-state index is 8.51. The Morgan fingerprint density at radius 2 is 2.07 bits per heavy atom. The summed E-state index contributed by atoms with van der Waals surface area (Å²) in [6, 6.07) is 2.10. The SMILES string of the molecule is C=NC(CCC#N)=C(C)N(C)C(C)=NC. The van der Waals surface area contributed by atoms with Crippen LogP contribution in [-0.2, 0) is 0 Å². The van der Waals surface area contributed by atoms with Crippen LogP contribution >= 0.6 is 0 Å². The van der Waals surface area contributed by atoms with E-state index in [0.29, 0.717) is 12.8 Å². The Balaban J connectivity index is 4.87. The predicted molar refractivity (Wildman–Crippen MR) is 63.9 cm³/mol. The molecule has 0 saturated heterocycles. The molecule has 4 nitrogen and oxygen atoms in total. The fourth-order valence-electron chi connectivity index (χ4n) is 1.13. The Labute approximate surface area is 91.6 Å². The monoisotopic (exact) mass is 206 g/mol. The van der Waals surface area contributed by atoms with Crippen LogP contribution in [0.1, 0.15) is 26.7 Å². The minimum atomic E-state index is 0.460. The Morgan fingerprint density at radius 1 is 1.47 bits per heavy atom. The van der Waals surface area contributed by atoms with Crippen molar-refractivity contribution in [2.75, 3.05) is 14.1 Å². The highest BCUT2D eigenvalue weighted by atomic mass is 15.2. The van der Waals surface area contributed by atoms with Crippen LogP contribution in [0.5, 0.6) is 0 Å². The minimum Gasteiger partial charge on any atom is -0.336 e. The highest BCUT2D eigenvalue weighted by Gasteiger charge is 2.07. The molecule has 0 spiro atoms. The molecule has 0 aliphatic carbocycles. The number of nitrogens with zero attached hydrogens (tertiary/aromatic N) is 4. The number of hydrogen-bond donors (Lipinski definition) is 0. The van der Waals surface area contributed by atoms with Crippen molar-refractivity contribution in [3.63, 3.8) is 0 Å². The number of nitriles is 1. The summed E-state index contributed by atoms with van der Waals surface area (Å²) in [6.45, 7) is 7.40. The molecular formula is C11H18N4. The smallest absolute Gasteiger partial charge is 0.0993 e. The van der Waals surface area contributed by atoms with Crippen LogP contribution in [-0.4, -0.2) is 31.5 Å². The molecule has 0 amide bonds. The molecule has 0 heterocycles. The third kappa shape index (κ3) is 3.94. The van der Waals surface area contributed by atoms with Gasteiger partial charge in [0, 0.05) is 32.6 Å². The minimum absolute atomic E-state index is 0.460. The average molecular weight is 206 g/mol. The Morgan fingerprint density at radius 3 is 2.47 bits per heavy atom. The van der Waals surface area contributed by atoms with Gasteiger partial charge in [-0.3, -0.25) is 9.98 Å². The summed E-state index contributed by atoms with van der Waals surface area (Å²) < 4.78 is 0.